The van der Waals surface area contributed by atoms with Gasteiger partial charge in [0, 0.05) is 19.3 Å². The van der Waals surface area contributed by atoms with Gasteiger partial charge in [-0.2, -0.15) is 0 Å². The van der Waals surface area contributed by atoms with Gasteiger partial charge in [-0.05, 0) is 83.1 Å². The molecule has 0 bridgehead atoms. The fourth-order valence-electron chi connectivity index (χ4n) is 7.16. The molecule has 1 aliphatic carbocycles. The van der Waals surface area contributed by atoms with E-state index in [0.717, 1.165) is 70.6 Å². The van der Waals surface area contributed by atoms with Gasteiger partial charge in [0.1, 0.15) is 43.2 Å². The lowest BCUT2D eigenvalue weighted by molar-refractivity contribution is -0.216. The van der Waals surface area contributed by atoms with E-state index >= 15 is 0 Å². The van der Waals surface area contributed by atoms with Gasteiger partial charge in [0.25, 0.3) is 0 Å². The summed E-state index contributed by atoms with van der Waals surface area (Å²) < 4.78 is 49.2. The molecule has 7 N–H and O–H groups in total. The fourth-order valence-corrected chi connectivity index (χ4v) is 8.70. The molecule has 17 nitrogen and oxygen atoms in total. The first-order chi connectivity index (χ1) is 34.0. The van der Waals surface area contributed by atoms with Crippen LogP contribution in [0.15, 0.2) is 85.1 Å². The highest BCUT2D eigenvalue weighted by atomic mass is 31.2. The number of unbranched alkanes of at least 4 members (excludes halogenated alkanes) is 13. The number of carbonyl (C=O) groups excluding carboxylic acids is 3. The molecular weight excluding hydrogens is 959 g/mol. The van der Waals surface area contributed by atoms with Gasteiger partial charge >= 0.3 is 27.6 Å². The average molecular weight is 1050 g/mol. The van der Waals surface area contributed by atoms with Crippen LogP contribution in [0.1, 0.15) is 168 Å². The Morgan fingerprint density at radius 2 is 0.958 bits per heavy atom. The summed E-state index contributed by atoms with van der Waals surface area (Å²) in [5, 5.41) is 41.3. The molecule has 71 heavy (non-hydrogen) atoms. The molecule has 19 heteroatoms. The smallest absolute Gasteiger partial charge is 0.462 e. The molecule has 406 valence electrons. The maximum atomic E-state index is 13.0. The number of aliphatic hydroxyl groups excluding tert-OH is 4. The van der Waals surface area contributed by atoms with Crippen molar-refractivity contribution in [3.05, 3.63) is 85.1 Å². The molecule has 0 radical (unpaired) electrons. The van der Waals surface area contributed by atoms with E-state index < -0.39 is 83.5 Å². The Hall–Kier alpha value is -3.15. The Labute approximate surface area is 422 Å². The standard InChI is InChI=1S/C52H86O17P2/c1-3-5-7-9-11-13-15-17-18-19-20-21-22-23-25-27-29-31-33-35-39-45(54)65-41-44(42-66-71(63,64)69-52-49(58)47(56)48(57)51(50(52)59)68-70(60,61)62)67-46(55)40-36-38-43(53)37-34-32-30-28-26-24-16-14-12-10-8-6-4-2/h12-15,18-19,21-22,24,26,30,32,34,37,44,47-52,56-59H,3-11,16-17,20,23,25,27-29,31,33,35-36,38-42H2,1-2H3,(H,63,64)(H2,60,61,62)/b14-12-,15-13-,19-18-,22-21-,26-24-,32-30-,37-34+/t44-,47?,48?,49?,50?,51-,52+/m1/s1. The van der Waals surface area contributed by atoms with Crippen LogP contribution in [0, 0.1) is 0 Å². The molecule has 0 aromatic carbocycles. The molecule has 1 saturated carbocycles. The molecule has 0 amide bonds. The SMILES string of the molecule is CCCCC/C=C\C/C=C\C/C=C\C=C\C(=O)CCCC(=O)O[C@H](COC(=O)CCCCCCCC/C=C\C/C=C\C/C=C\CCCCCC)COP(=O)(O)O[C@H]1C(O)C(O)C(O)[C@@H](OP(=O)(O)O)C1O. The predicted octanol–water partition coefficient (Wildman–Crippen LogP) is 9.74. The number of hydrogen-bond donors (Lipinski definition) is 7. The van der Waals surface area contributed by atoms with Crippen LogP contribution in [0.3, 0.4) is 0 Å². The molecule has 0 aliphatic heterocycles. The third kappa shape index (κ3) is 35.6. The summed E-state index contributed by atoms with van der Waals surface area (Å²) in [6.07, 6.45) is 33.8. The number of phosphoric ester groups is 2. The lowest BCUT2D eigenvalue weighted by Gasteiger charge is -2.43. The number of aliphatic hydroxyl groups is 4. The highest BCUT2D eigenvalue weighted by Crippen LogP contribution is 2.49. The first-order valence-electron chi connectivity index (χ1n) is 25.6. The lowest BCUT2D eigenvalue weighted by Crippen LogP contribution is -2.64. The van der Waals surface area contributed by atoms with Gasteiger partial charge in [-0.3, -0.25) is 28.0 Å². The molecular formula is C52H86O17P2. The minimum Gasteiger partial charge on any atom is -0.462 e. The number of rotatable bonds is 42. The van der Waals surface area contributed by atoms with Crippen molar-refractivity contribution in [1.29, 1.82) is 0 Å². The summed E-state index contributed by atoms with van der Waals surface area (Å²) in [4.78, 5) is 66.8. The van der Waals surface area contributed by atoms with E-state index in [9.17, 15) is 58.6 Å². The summed E-state index contributed by atoms with van der Waals surface area (Å²) in [7, 11) is -10.8. The molecule has 0 saturated heterocycles. The molecule has 1 aliphatic rings. The molecule has 1 rings (SSSR count). The van der Waals surface area contributed by atoms with E-state index in [1.807, 2.05) is 12.2 Å². The molecule has 1 fully saturated rings. The Morgan fingerprint density at radius 3 is 1.52 bits per heavy atom. The van der Waals surface area contributed by atoms with Crippen LogP contribution in [0.2, 0.25) is 0 Å². The highest BCUT2D eigenvalue weighted by molar-refractivity contribution is 7.47. The van der Waals surface area contributed by atoms with Gasteiger partial charge in [0.05, 0.1) is 6.61 Å². The number of esters is 2. The molecule has 8 atom stereocenters. The topological polar surface area (TPSA) is 273 Å². The van der Waals surface area contributed by atoms with Crippen molar-refractivity contribution >= 4 is 33.4 Å². The van der Waals surface area contributed by atoms with Gasteiger partial charge in [-0.15, -0.1) is 0 Å². The zero-order chi connectivity index (χ0) is 52.6. The third-order valence-corrected chi connectivity index (χ3v) is 12.7. The van der Waals surface area contributed by atoms with Crippen LogP contribution in [0.5, 0.6) is 0 Å². The Kier molecular flexibility index (Phi) is 38.2. The van der Waals surface area contributed by atoms with Crippen LogP contribution in [0.4, 0.5) is 0 Å². The van der Waals surface area contributed by atoms with Gasteiger partial charge in [-0.25, -0.2) is 9.13 Å². The van der Waals surface area contributed by atoms with E-state index in [1.165, 1.54) is 51.0 Å². The van der Waals surface area contributed by atoms with Crippen LogP contribution in [-0.2, 0) is 46.6 Å². The zero-order valence-corrected chi connectivity index (χ0v) is 43.9. The Balaban J connectivity index is 2.64. The highest BCUT2D eigenvalue weighted by Gasteiger charge is 2.54. The third-order valence-electron chi connectivity index (χ3n) is 11.2. The van der Waals surface area contributed by atoms with E-state index in [1.54, 1.807) is 12.2 Å². The van der Waals surface area contributed by atoms with E-state index in [4.69, 9.17) is 18.5 Å². The minimum atomic E-state index is -5.40. The number of phosphoric acid groups is 2. The maximum absolute atomic E-state index is 13.0. The van der Waals surface area contributed by atoms with Gasteiger partial charge in [-0.1, -0.05) is 151 Å². The first kappa shape index (κ1) is 65.9. The quantitative estimate of drug-likeness (QED) is 0.00748. The number of allylic oxidation sites excluding steroid dienone is 14. The van der Waals surface area contributed by atoms with Crippen LogP contribution < -0.4 is 0 Å². The zero-order valence-electron chi connectivity index (χ0n) is 42.1. The Bertz CT molecular complexity index is 1750. The molecule has 5 unspecified atom stereocenters. The summed E-state index contributed by atoms with van der Waals surface area (Å²) in [5.41, 5.74) is 0. The number of ketones is 1. The molecule has 0 aromatic heterocycles. The minimum absolute atomic E-state index is 0.00570. The van der Waals surface area contributed by atoms with Crippen molar-refractivity contribution in [2.45, 2.75) is 211 Å². The number of ether oxygens (including phenoxy) is 2. The van der Waals surface area contributed by atoms with E-state index in [2.05, 4.69) is 73.1 Å². The van der Waals surface area contributed by atoms with Crippen molar-refractivity contribution in [1.82, 2.24) is 0 Å². The maximum Gasteiger partial charge on any atom is 0.472 e. The van der Waals surface area contributed by atoms with Crippen molar-refractivity contribution in [2.24, 2.45) is 0 Å². The van der Waals surface area contributed by atoms with Crippen molar-refractivity contribution in [2.75, 3.05) is 13.2 Å². The summed E-state index contributed by atoms with van der Waals surface area (Å²) in [6.45, 7) is 2.85. The second-order valence-corrected chi connectivity index (χ2v) is 20.2. The summed E-state index contributed by atoms with van der Waals surface area (Å²) >= 11 is 0. The first-order valence-corrected chi connectivity index (χ1v) is 28.6. The largest absolute Gasteiger partial charge is 0.472 e. The fraction of sp³-hybridized carbons (Fsp3) is 0.673. The monoisotopic (exact) mass is 1040 g/mol. The van der Waals surface area contributed by atoms with Gasteiger partial charge < -0.3 is 44.6 Å². The normalized spacial score (nSPS) is 21.5. The summed E-state index contributed by atoms with van der Waals surface area (Å²) in [6, 6.07) is 0. The van der Waals surface area contributed by atoms with Crippen LogP contribution in [0.25, 0.3) is 0 Å². The second kappa shape index (κ2) is 41.2. The van der Waals surface area contributed by atoms with Crippen molar-refractivity contribution in [3.8, 4) is 0 Å². The predicted molar refractivity (Wildman–Crippen MR) is 274 cm³/mol. The average Bonchev–Trinajstić information content (AvgIpc) is 3.32. The van der Waals surface area contributed by atoms with Crippen molar-refractivity contribution in [3.63, 3.8) is 0 Å². The number of carbonyl (C=O) groups is 3. The summed E-state index contributed by atoms with van der Waals surface area (Å²) in [5.74, 6) is -1.72. The van der Waals surface area contributed by atoms with Crippen molar-refractivity contribution < 1.29 is 81.7 Å². The lowest BCUT2D eigenvalue weighted by atomic mass is 9.85. The van der Waals surface area contributed by atoms with Crippen LogP contribution >= 0.6 is 15.6 Å². The van der Waals surface area contributed by atoms with Gasteiger partial charge in [0.15, 0.2) is 11.9 Å². The van der Waals surface area contributed by atoms with E-state index in [-0.39, 0.29) is 31.5 Å². The molecule has 0 spiro atoms. The Morgan fingerprint density at radius 1 is 0.493 bits per heavy atom. The second-order valence-electron chi connectivity index (χ2n) is 17.6. The number of hydrogen-bond acceptors (Lipinski definition) is 14. The van der Waals surface area contributed by atoms with Gasteiger partial charge in [0.2, 0.25) is 0 Å². The van der Waals surface area contributed by atoms with Crippen LogP contribution in [-0.4, -0.2) is 109 Å². The molecule has 0 heterocycles. The molecule has 0 aromatic rings. The van der Waals surface area contributed by atoms with E-state index in [0.29, 0.717) is 12.8 Å².